The number of aryl methyl sites for hydroxylation is 1. The van der Waals surface area contributed by atoms with E-state index in [1.54, 1.807) is 18.0 Å². The zero-order valence-electron chi connectivity index (χ0n) is 10.9. The molecule has 102 valence electrons. The lowest BCUT2D eigenvalue weighted by Crippen LogP contribution is -2.31. The first-order valence-electron chi connectivity index (χ1n) is 5.92. The number of methoxy groups -OCH3 is 1. The van der Waals surface area contributed by atoms with Crippen molar-refractivity contribution in [2.24, 2.45) is 12.9 Å². The van der Waals surface area contributed by atoms with Crippen molar-refractivity contribution < 1.29 is 4.74 Å². The van der Waals surface area contributed by atoms with Gasteiger partial charge >= 0.3 is 0 Å². The van der Waals surface area contributed by atoms with Crippen molar-refractivity contribution in [3.8, 4) is 5.75 Å². The van der Waals surface area contributed by atoms with Crippen molar-refractivity contribution in [1.82, 2.24) is 15.2 Å². The highest BCUT2D eigenvalue weighted by Gasteiger charge is 2.18. The van der Waals surface area contributed by atoms with Gasteiger partial charge in [-0.25, -0.2) is 0 Å². The molecule has 1 heterocycles. The summed E-state index contributed by atoms with van der Waals surface area (Å²) in [5.74, 6) is 6.46. The van der Waals surface area contributed by atoms with Crippen molar-refractivity contribution in [2.75, 3.05) is 7.11 Å². The molecule has 0 saturated carbocycles. The molecule has 0 radical (unpaired) electrons. The van der Waals surface area contributed by atoms with Gasteiger partial charge in [0.15, 0.2) is 0 Å². The molecule has 0 aliphatic heterocycles. The van der Waals surface area contributed by atoms with Gasteiger partial charge in [0.05, 0.1) is 30.1 Å². The molecule has 0 bridgehead atoms. The molecule has 0 amide bonds. The Morgan fingerprint density at radius 1 is 1.53 bits per heavy atom. The summed E-state index contributed by atoms with van der Waals surface area (Å²) in [6.07, 6.45) is 2.32. The molecule has 0 spiro atoms. The zero-order chi connectivity index (χ0) is 13.8. The minimum absolute atomic E-state index is 0.105. The molecule has 2 rings (SSSR count). The van der Waals surface area contributed by atoms with Crippen LogP contribution in [-0.2, 0) is 13.5 Å². The van der Waals surface area contributed by atoms with Crippen LogP contribution in [0.3, 0.4) is 0 Å². The fraction of sp³-hybridized carbons (Fsp3) is 0.308. The molecule has 19 heavy (non-hydrogen) atoms. The Hall–Kier alpha value is -1.56. The zero-order valence-corrected chi connectivity index (χ0v) is 11.7. The second kappa shape index (κ2) is 6.06. The molecule has 1 aromatic heterocycles. The Morgan fingerprint density at radius 3 is 2.89 bits per heavy atom. The summed E-state index contributed by atoms with van der Waals surface area (Å²) < 4.78 is 6.94. The quantitative estimate of drug-likeness (QED) is 0.648. The molecule has 2 aromatic rings. The normalized spacial score (nSPS) is 12.4. The lowest BCUT2D eigenvalue weighted by atomic mass is 10.0. The fourth-order valence-electron chi connectivity index (χ4n) is 2.08. The van der Waals surface area contributed by atoms with E-state index in [2.05, 4.69) is 10.5 Å². The Kier molecular flexibility index (Phi) is 4.42. The van der Waals surface area contributed by atoms with Crippen LogP contribution in [0.25, 0.3) is 0 Å². The number of nitrogens with zero attached hydrogens (tertiary/aromatic N) is 2. The summed E-state index contributed by atoms with van der Waals surface area (Å²) in [5.41, 5.74) is 4.76. The monoisotopic (exact) mass is 280 g/mol. The summed E-state index contributed by atoms with van der Waals surface area (Å²) in [5, 5.41) is 4.73. The van der Waals surface area contributed by atoms with Gasteiger partial charge < -0.3 is 4.74 Å². The van der Waals surface area contributed by atoms with Crippen LogP contribution < -0.4 is 16.0 Å². The van der Waals surface area contributed by atoms with E-state index < -0.39 is 0 Å². The van der Waals surface area contributed by atoms with Crippen LogP contribution in [0.15, 0.2) is 30.5 Å². The molecule has 1 unspecified atom stereocenters. The van der Waals surface area contributed by atoms with Crippen LogP contribution in [0.5, 0.6) is 5.75 Å². The van der Waals surface area contributed by atoms with Crippen molar-refractivity contribution >= 4 is 11.6 Å². The van der Waals surface area contributed by atoms with Gasteiger partial charge in [-0.2, -0.15) is 5.10 Å². The molecule has 0 aliphatic rings. The molecule has 1 aromatic carbocycles. The van der Waals surface area contributed by atoms with Gasteiger partial charge in [-0.3, -0.25) is 16.0 Å². The summed E-state index contributed by atoms with van der Waals surface area (Å²) >= 11 is 6.14. The first-order chi connectivity index (χ1) is 9.15. The Morgan fingerprint density at radius 2 is 2.32 bits per heavy atom. The number of hydrogen-bond donors (Lipinski definition) is 2. The number of hydrazine groups is 1. The van der Waals surface area contributed by atoms with E-state index in [4.69, 9.17) is 22.2 Å². The Balaban J connectivity index is 2.24. The van der Waals surface area contributed by atoms with Crippen LogP contribution >= 0.6 is 11.6 Å². The highest BCUT2D eigenvalue weighted by molar-refractivity contribution is 6.31. The van der Waals surface area contributed by atoms with E-state index in [1.165, 1.54) is 0 Å². The maximum atomic E-state index is 6.14. The van der Waals surface area contributed by atoms with E-state index in [9.17, 15) is 0 Å². The standard InChI is InChI=1S/C13H17ClN4O/c1-18-13(11(14)8-16-18)12(17-15)7-9-4-3-5-10(6-9)19-2/h3-6,8,12,17H,7,15H2,1-2H3. The van der Waals surface area contributed by atoms with Gasteiger partial charge in [0.2, 0.25) is 0 Å². The van der Waals surface area contributed by atoms with Crippen LogP contribution in [0.2, 0.25) is 5.02 Å². The maximum absolute atomic E-state index is 6.14. The van der Waals surface area contributed by atoms with Crippen LogP contribution in [0.1, 0.15) is 17.3 Å². The fourth-order valence-corrected chi connectivity index (χ4v) is 2.38. The van der Waals surface area contributed by atoms with E-state index in [0.717, 1.165) is 17.0 Å². The number of nitrogens with one attached hydrogen (secondary N) is 1. The summed E-state index contributed by atoms with van der Waals surface area (Å²) in [4.78, 5) is 0. The number of aromatic nitrogens is 2. The maximum Gasteiger partial charge on any atom is 0.119 e. The largest absolute Gasteiger partial charge is 0.497 e. The highest BCUT2D eigenvalue weighted by atomic mass is 35.5. The lowest BCUT2D eigenvalue weighted by molar-refractivity contribution is 0.413. The molecular weight excluding hydrogens is 264 g/mol. The molecular formula is C13H17ClN4O. The van der Waals surface area contributed by atoms with Crippen molar-refractivity contribution in [3.63, 3.8) is 0 Å². The van der Waals surface area contributed by atoms with Gasteiger partial charge in [0, 0.05) is 7.05 Å². The molecule has 0 saturated heterocycles. The predicted octanol–water partition coefficient (Wildman–Crippen LogP) is 1.83. The highest BCUT2D eigenvalue weighted by Crippen LogP contribution is 2.25. The minimum atomic E-state index is -0.105. The minimum Gasteiger partial charge on any atom is -0.497 e. The van der Waals surface area contributed by atoms with Crippen molar-refractivity contribution in [1.29, 1.82) is 0 Å². The number of nitrogens with two attached hydrogens (primary N) is 1. The number of benzene rings is 1. The summed E-state index contributed by atoms with van der Waals surface area (Å²) in [6, 6.07) is 7.76. The van der Waals surface area contributed by atoms with Crippen molar-refractivity contribution in [2.45, 2.75) is 12.5 Å². The molecule has 5 nitrogen and oxygen atoms in total. The number of ether oxygens (including phenoxy) is 1. The molecule has 3 N–H and O–H groups in total. The van der Waals surface area contributed by atoms with Crippen LogP contribution in [-0.4, -0.2) is 16.9 Å². The smallest absolute Gasteiger partial charge is 0.119 e. The van der Waals surface area contributed by atoms with E-state index in [-0.39, 0.29) is 6.04 Å². The molecule has 6 heteroatoms. The van der Waals surface area contributed by atoms with Crippen LogP contribution in [0.4, 0.5) is 0 Å². The van der Waals surface area contributed by atoms with E-state index in [0.29, 0.717) is 11.4 Å². The summed E-state index contributed by atoms with van der Waals surface area (Å²) in [7, 11) is 3.49. The van der Waals surface area contributed by atoms with Gasteiger partial charge in [-0.1, -0.05) is 23.7 Å². The Bertz CT molecular complexity index is 536. The summed E-state index contributed by atoms with van der Waals surface area (Å²) in [6.45, 7) is 0. The average Bonchev–Trinajstić information content (AvgIpc) is 2.76. The van der Waals surface area contributed by atoms with Gasteiger partial charge in [0.1, 0.15) is 5.75 Å². The van der Waals surface area contributed by atoms with E-state index >= 15 is 0 Å². The van der Waals surface area contributed by atoms with E-state index in [1.807, 2.05) is 31.3 Å². The lowest BCUT2D eigenvalue weighted by Gasteiger charge is -2.17. The van der Waals surface area contributed by atoms with Gasteiger partial charge in [-0.05, 0) is 24.1 Å². The second-order valence-corrected chi connectivity index (χ2v) is 4.68. The number of rotatable bonds is 5. The first kappa shape index (κ1) is 13.9. The average molecular weight is 281 g/mol. The third kappa shape index (κ3) is 3.07. The SMILES string of the molecule is COc1cccc(CC(NN)c2c(Cl)cnn2C)c1. The van der Waals surface area contributed by atoms with Crippen molar-refractivity contribution in [3.05, 3.63) is 46.7 Å². The third-order valence-electron chi connectivity index (χ3n) is 3.04. The molecule has 0 aliphatic carbocycles. The predicted molar refractivity (Wildman–Crippen MR) is 75.0 cm³/mol. The molecule has 1 atom stereocenters. The number of hydrogen-bond acceptors (Lipinski definition) is 4. The topological polar surface area (TPSA) is 65.1 Å². The second-order valence-electron chi connectivity index (χ2n) is 4.28. The third-order valence-corrected chi connectivity index (χ3v) is 3.33. The number of halogens is 1. The molecule has 0 fully saturated rings. The van der Waals surface area contributed by atoms with Gasteiger partial charge in [0.25, 0.3) is 0 Å². The van der Waals surface area contributed by atoms with Gasteiger partial charge in [-0.15, -0.1) is 0 Å². The first-order valence-corrected chi connectivity index (χ1v) is 6.30. The Labute approximate surface area is 117 Å². The van der Waals surface area contributed by atoms with Crippen LogP contribution in [0, 0.1) is 0 Å².